The largest absolute Gasteiger partial charge is 0.494 e. The number of hydrogen-bond acceptors (Lipinski definition) is 2. The third-order valence-corrected chi connectivity index (χ3v) is 4.37. The lowest BCUT2D eigenvalue weighted by molar-refractivity contribution is 0.307. The summed E-state index contributed by atoms with van der Waals surface area (Å²) in [5, 5.41) is 17.9. The molecule has 0 atom stereocenters. The molecule has 0 bridgehead atoms. The number of hydrogen-bond donors (Lipinski definition) is 2. The van der Waals surface area contributed by atoms with E-state index >= 15 is 0 Å². The zero-order chi connectivity index (χ0) is 14.7. The van der Waals surface area contributed by atoms with Crippen molar-refractivity contribution in [2.75, 3.05) is 0 Å². The first kappa shape index (κ1) is 15.5. The van der Waals surface area contributed by atoms with Crippen molar-refractivity contribution < 1.29 is 18.8 Å². The summed E-state index contributed by atoms with van der Waals surface area (Å²) >= 11 is 0. The predicted octanol–water partition coefficient (Wildman–Crippen LogP) is 2.72. The van der Waals surface area contributed by atoms with Gasteiger partial charge < -0.3 is 10.0 Å². The van der Waals surface area contributed by atoms with Gasteiger partial charge in [0.2, 0.25) is 0 Å². The summed E-state index contributed by atoms with van der Waals surface area (Å²) in [6.45, 7) is 2.18. The van der Waals surface area contributed by atoms with Gasteiger partial charge in [-0.3, -0.25) is 0 Å². The molecule has 0 aromatic heterocycles. The molecule has 0 heterocycles. The van der Waals surface area contributed by atoms with Gasteiger partial charge in [-0.05, 0) is 55.2 Å². The lowest BCUT2D eigenvalue weighted by atomic mass is 9.74. The molecule has 0 saturated heterocycles. The Labute approximate surface area is 119 Å². The Hall–Kier alpha value is -0.935. The smallest absolute Gasteiger partial charge is 0.423 e. The minimum Gasteiger partial charge on any atom is -0.423 e. The second-order valence-corrected chi connectivity index (χ2v) is 5.78. The number of benzene rings is 1. The van der Waals surface area contributed by atoms with Crippen LogP contribution in [0, 0.1) is 17.6 Å². The molecule has 1 aliphatic rings. The van der Waals surface area contributed by atoms with E-state index in [-0.39, 0.29) is 5.92 Å². The van der Waals surface area contributed by atoms with Gasteiger partial charge in [-0.25, -0.2) is 8.78 Å². The first-order chi connectivity index (χ1) is 9.52. The zero-order valence-electron chi connectivity index (χ0n) is 11.8. The van der Waals surface area contributed by atoms with Gasteiger partial charge in [0.15, 0.2) is 0 Å². The van der Waals surface area contributed by atoms with Crippen LogP contribution in [0.15, 0.2) is 12.1 Å². The average molecular weight is 282 g/mol. The number of rotatable bonds is 4. The summed E-state index contributed by atoms with van der Waals surface area (Å²) in [5.41, 5.74) is -0.0206. The molecule has 1 fully saturated rings. The molecule has 1 saturated carbocycles. The van der Waals surface area contributed by atoms with Gasteiger partial charge in [-0.1, -0.05) is 19.8 Å². The Morgan fingerprint density at radius 2 is 1.65 bits per heavy atom. The second-order valence-electron chi connectivity index (χ2n) is 5.78. The molecular formula is C15H21BF2O2. The molecule has 2 nitrogen and oxygen atoms in total. The lowest BCUT2D eigenvalue weighted by Crippen LogP contribution is -2.36. The van der Waals surface area contributed by atoms with Crippen LogP contribution in [0.4, 0.5) is 8.78 Å². The SMILES string of the molecule is CCC[C@H]1CC[C@H](c2cc(F)c(B(O)O)c(F)c2)CC1. The predicted molar refractivity (Wildman–Crippen MR) is 75.8 cm³/mol. The van der Waals surface area contributed by atoms with Gasteiger partial charge in [0.1, 0.15) is 11.6 Å². The molecule has 110 valence electrons. The molecule has 2 rings (SSSR count). The summed E-state index contributed by atoms with van der Waals surface area (Å²) in [6, 6.07) is 2.51. The summed E-state index contributed by atoms with van der Waals surface area (Å²) in [4.78, 5) is 0. The Morgan fingerprint density at radius 1 is 1.10 bits per heavy atom. The van der Waals surface area contributed by atoms with Crippen molar-refractivity contribution in [2.45, 2.75) is 51.4 Å². The van der Waals surface area contributed by atoms with Crippen LogP contribution in [0.1, 0.15) is 56.9 Å². The fraction of sp³-hybridized carbons (Fsp3) is 0.600. The van der Waals surface area contributed by atoms with Crippen LogP contribution < -0.4 is 5.46 Å². The molecule has 5 heteroatoms. The van der Waals surface area contributed by atoms with Gasteiger partial charge in [-0.15, -0.1) is 0 Å². The van der Waals surface area contributed by atoms with Crippen molar-refractivity contribution in [1.82, 2.24) is 0 Å². The first-order valence-corrected chi connectivity index (χ1v) is 7.37. The normalized spacial score (nSPS) is 22.9. The van der Waals surface area contributed by atoms with E-state index < -0.39 is 24.2 Å². The van der Waals surface area contributed by atoms with E-state index in [0.29, 0.717) is 5.56 Å². The van der Waals surface area contributed by atoms with E-state index in [9.17, 15) is 8.78 Å². The van der Waals surface area contributed by atoms with E-state index in [1.165, 1.54) is 25.0 Å². The van der Waals surface area contributed by atoms with Crippen molar-refractivity contribution in [3.8, 4) is 0 Å². The quantitative estimate of drug-likeness (QED) is 0.834. The van der Waals surface area contributed by atoms with E-state index in [4.69, 9.17) is 10.0 Å². The van der Waals surface area contributed by atoms with Crippen LogP contribution in [-0.4, -0.2) is 17.2 Å². The standard InChI is InChI=1S/C15H21BF2O2/c1-2-3-10-4-6-11(7-5-10)12-8-13(17)15(16(19)20)14(18)9-12/h8-11,19-20H,2-7H2,1H3/t10-,11-. The van der Waals surface area contributed by atoms with Gasteiger partial charge in [0.05, 0.1) is 5.46 Å². The Morgan fingerprint density at radius 3 is 2.10 bits per heavy atom. The molecular weight excluding hydrogens is 261 g/mol. The first-order valence-electron chi connectivity index (χ1n) is 7.37. The molecule has 0 spiro atoms. The maximum atomic E-state index is 13.8. The van der Waals surface area contributed by atoms with E-state index in [1.54, 1.807) is 0 Å². The molecule has 1 aromatic carbocycles. The monoisotopic (exact) mass is 282 g/mol. The highest BCUT2D eigenvalue weighted by molar-refractivity contribution is 6.58. The maximum Gasteiger partial charge on any atom is 0.494 e. The van der Waals surface area contributed by atoms with Crippen LogP contribution in [0.3, 0.4) is 0 Å². The molecule has 0 aliphatic heterocycles. The van der Waals surface area contributed by atoms with Gasteiger partial charge in [0.25, 0.3) is 0 Å². The third kappa shape index (κ3) is 3.39. The van der Waals surface area contributed by atoms with E-state index in [1.807, 2.05) is 0 Å². The minimum atomic E-state index is -2.11. The van der Waals surface area contributed by atoms with Gasteiger partial charge in [-0.2, -0.15) is 0 Å². The van der Waals surface area contributed by atoms with Crippen molar-refractivity contribution in [3.05, 3.63) is 29.3 Å². The fourth-order valence-corrected chi connectivity index (χ4v) is 3.28. The molecule has 0 unspecified atom stereocenters. The van der Waals surface area contributed by atoms with E-state index in [0.717, 1.165) is 31.6 Å². The summed E-state index contributed by atoms with van der Waals surface area (Å²) in [7, 11) is -2.11. The molecule has 2 N–H and O–H groups in total. The Balaban J connectivity index is 2.11. The molecule has 0 amide bonds. The van der Waals surface area contributed by atoms with Crippen LogP contribution in [-0.2, 0) is 0 Å². The van der Waals surface area contributed by atoms with E-state index in [2.05, 4.69) is 6.92 Å². The van der Waals surface area contributed by atoms with Gasteiger partial charge in [0, 0.05) is 0 Å². The van der Waals surface area contributed by atoms with Crippen molar-refractivity contribution in [2.24, 2.45) is 5.92 Å². The van der Waals surface area contributed by atoms with Crippen LogP contribution in [0.5, 0.6) is 0 Å². The highest BCUT2D eigenvalue weighted by atomic mass is 19.1. The Kier molecular flexibility index (Phi) is 5.16. The Bertz CT molecular complexity index is 434. The molecule has 1 aromatic rings. The van der Waals surface area contributed by atoms with Crippen LogP contribution in [0.2, 0.25) is 0 Å². The zero-order valence-corrected chi connectivity index (χ0v) is 11.8. The third-order valence-electron chi connectivity index (χ3n) is 4.37. The van der Waals surface area contributed by atoms with Crippen molar-refractivity contribution in [1.29, 1.82) is 0 Å². The summed E-state index contributed by atoms with van der Waals surface area (Å²) < 4.78 is 27.5. The highest BCUT2D eigenvalue weighted by Crippen LogP contribution is 2.37. The van der Waals surface area contributed by atoms with Crippen molar-refractivity contribution in [3.63, 3.8) is 0 Å². The maximum absolute atomic E-state index is 13.8. The van der Waals surface area contributed by atoms with Crippen LogP contribution >= 0.6 is 0 Å². The average Bonchev–Trinajstić information content (AvgIpc) is 2.38. The summed E-state index contributed by atoms with van der Waals surface area (Å²) in [5.74, 6) is -0.821. The topological polar surface area (TPSA) is 40.5 Å². The minimum absolute atomic E-state index is 0.178. The van der Waals surface area contributed by atoms with Gasteiger partial charge >= 0.3 is 7.12 Å². The summed E-state index contributed by atoms with van der Waals surface area (Å²) in [6.07, 6.45) is 6.51. The lowest BCUT2D eigenvalue weighted by Gasteiger charge is -2.28. The van der Waals surface area contributed by atoms with Crippen LogP contribution in [0.25, 0.3) is 0 Å². The molecule has 1 aliphatic carbocycles. The fourth-order valence-electron chi connectivity index (χ4n) is 3.28. The highest BCUT2D eigenvalue weighted by Gasteiger charge is 2.26. The molecule has 0 radical (unpaired) electrons. The number of halogens is 2. The molecule has 20 heavy (non-hydrogen) atoms. The second kappa shape index (κ2) is 6.68. The van der Waals surface area contributed by atoms with Crippen molar-refractivity contribution >= 4 is 12.6 Å².